The smallest absolute Gasteiger partial charge is 0.245 e. The molecular weight excluding hydrogens is 282 g/mol. The van der Waals surface area contributed by atoms with Crippen molar-refractivity contribution in [3.63, 3.8) is 0 Å². The van der Waals surface area contributed by atoms with Gasteiger partial charge in [0.25, 0.3) is 0 Å². The lowest BCUT2D eigenvalue weighted by atomic mass is 9.89. The molecule has 0 aromatic carbocycles. The van der Waals surface area contributed by atoms with Crippen LogP contribution in [0.1, 0.15) is 58.3 Å². The van der Waals surface area contributed by atoms with Gasteiger partial charge in [-0.15, -0.1) is 0 Å². The minimum Gasteiger partial charge on any atom is -0.354 e. The minimum atomic E-state index is -0.753. The third kappa shape index (κ3) is 3.99. The summed E-state index contributed by atoms with van der Waals surface area (Å²) in [4.78, 5) is 37.6. The number of carbonyl (C=O) groups is 3. The van der Waals surface area contributed by atoms with Gasteiger partial charge in [-0.2, -0.15) is 0 Å². The molecule has 3 amide bonds. The molecule has 22 heavy (non-hydrogen) atoms. The molecule has 2 heterocycles. The molecule has 0 aliphatic carbocycles. The molecule has 1 unspecified atom stereocenters. The highest BCUT2D eigenvalue weighted by Gasteiger charge is 2.38. The Morgan fingerprint density at radius 2 is 2.09 bits per heavy atom. The quantitative estimate of drug-likeness (QED) is 0.717. The van der Waals surface area contributed by atoms with Crippen molar-refractivity contribution in [1.29, 1.82) is 0 Å². The van der Waals surface area contributed by atoms with Gasteiger partial charge in [-0.25, -0.2) is 0 Å². The zero-order chi connectivity index (χ0) is 16.0. The summed E-state index contributed by atoms with van der Waals surface area (Å²) < 4.78 is 0. The molecule has 2 fully saturated rings. The summed E-state index contributed by atoms with van der Waals surface area (Å²) in [6, 6.07) is 0. The molecule has 2 N–H and O–H groups in total. The van der Waals surface area contributed by atoms with Crippen LogP contribution in [-0.4, -0.2) is 47.8 Å². The Morgan fingerprint density at radius 3 is 2.77 bits per heavy atom. The van der Waals surface area contributed by atoms with Gasteiger partial charge in [-0.1, -0.05) is 13.3 Å². The highest BCUT2D eigenvalue weighted by molar-refractivity contribution is 5.91. The van der Waals surface area contributed by atoms with Crippen molar-refractivity contribution in [3.8, 4) is 0 Å². The molecule has 6 nitrogen and oxygen atoms in total. The van der Waals surface area contributed by atoms with Crippen LogP contribution in [0.15, 0.2) is 0 Å². The van der Waals surface area contributed by atoms with Crippen molar-refractivity contribution < 1.29 is 14.4 Å². The molecule has 0 bridgehead atoms. The van der Waals surface area contributed by atoms with E-state index in [2.05, 4.69) is 10.6 Å². The maximum atomic E-state index is 12.5. The van der Waals surface area contributed by atoms with E-state index >= 15 is 0 Å². The van der Waals surface area contributed by atoms with Gasteiger partial charge in [0, 0.05) is 32.5 Å². The zero-order valence-corrected chi connectivity index (χ0v) is 13.5. The molecule has 2 rings (SSSR count). The molecule has 1 atom stereocenters. The maximum Gasteiger partial charge on any atom is 0.245 e. The van der Waals surface area contributed by atoms with Crippen molar-refractivity contribution in [2.75, 3.05) is 19.6 Å². The lowest BCUT2D eigenvalue weighted by Gasteiger charge is -2.31. The molecule has 6 heteroatoms. The van der Waals surface area contributed by atoms with Gasteiger partial charge in [0.1, 0.15) is 5.54 Å². The standard InChI is InChI=1S/C16H27N3O3/c1-2-16(9-4-3-7-13(20)18-16)15(22)17-10-6-12-19-11-5-8-14(19)21/h2-12H2,1H3,(H,17,22)(H,18,20). The third-order valence-corrected chi connectivity index (χ3v) is 4.74. The van der Waals surface area contributed by atoms with E-state index in [9.17, 15) is 14.4 Å². The molecule has 124 valence electrons. The first-order valence-electron chi connectivity index (χ1n) is 8.44. The zero-order valence-electron chi connectivity index (χ0n) is 13.5. The van der Waals surface area contributed by atoms with E-state index in [4.69, 9.17) is 0 Å². The normalized spacial score (nSPS) is 25.8. The van der Waals surface area contributed by atoms with Crippen molar-refractivity contribution in [2.24, 2.45) is 0 Å². The topological polar surface area (TPSA) is 78.5 Å². The molecule has 0 spiro atoms. The largest absolute Gasteiger partial charge is 0.354 e. The van der Waals surface area contributed by atoms with Crippen LogP contribution in [0.2, 0.25) is 0 Å². The molecule has 2 aliphatic heterocycles. The van der Waals surface area contributed by atoms with Crippen LogP contribution >= 0.6 is 0 Å². The second-order valence-electron chi connectivity index (χ2n) is 6.28. The van der Waals surface area contributed by atoms with Crippen molar-refractivity contribution in [3.05, 3.63) is 0 Å². The van der Waals surface area contributed by atoms with Crippen molar-refractivity contribution in [2.45, 2.75) is 63.8 Å². The monoisotopic (exact) mass is 309 g/mol. The van der Waals surface area contributed by atoms with Gasteiger partial charge in [-0.3, -0.25) is 14.4 Å². The Kier molecular flexibility index (Phi) is 5.80. The summed E-state index contributed by atoms with van der Waals surface area (Å²) in [5.41, 5.74) is -0.753. The fraction of sp³-hybridized carbons (Fsp3) is 0.812. The number of nitrogens with zero attached hydrogens (tertiary/aromatic N) is 1. The van der Waals surface area contributed by atoms with Gasteiger partial charge in [-0.05, 0) is 32.1 Å². The average Bonchev–Trinajstić information content (AvgIpc) is 2.80. The van der Waals surface area contributed by atoms with Gasteiger partial charge in [0.15, 0.2) is 0 Å². The number of carbonyl (C=O) groups excluding carboxylic acids is 3. The minimum absolute atomic E-state index is 0.0304. The van der Waals surface area contributed by atoms with Gasteiger partial charge >= 0.3 is 0 Å². The lowest BCUT2D eigenvalue weighted by Crippen LogP contribution is -2.57. The van der Waals surface area contributed by atoms with E-state index in [0.29, 0.717) is 38.8 Å². The SMILES string of the molecule is CCC1(C(=O)NCCCN2CCCC2=O)CCCCC(=O)N1. The second-order valence-corrected chi connectivity index (χ2v) is 6.28. The average molecular weight is 309 g/mol. The number of likely N-dealkylation sites (tertiary alicyclic amines) is 1. The fourth-order valence-corrected chi connectivity index (χ4v) is 3.28. The van der Waals surface area contributed by atoms with E-state index in [1.165, 1.54) is 0 Å². The number of nitrogens with one attached hydrogen (secondary N) is 2. The number of amides is 3. The molecule has 0 aromatic heterocycles. The summed E-state index contributed by atoms with van der Waals surface area (Å²) in [5, 5.41) is 5.86. The lowest BCUT2D eigenvalue weighted by molar-refractivity contribution is -0.133. The third-order valence-electron chi connectivity index (χ3n) is 4.74. The molecular formula is C16H27N3O3. The second kappa shape index (κ2) is 7.61. The van der Waals surface area contributed by atoms with Crippen LogP contribution in [0, 0.1) is 0 Å². The van der Waals surface area contributed by atoms with Crippen LogP contribution in [0.4, 0.5) is 0 Å². The van der Waals surface area contributed by atoms with E-state index < -0.39 is 5.54 Å². The molecule has 0 radical (unpaired) electrons. The first kappa shape index (κ1) is 16.8. The van der Waals surface area contributed by atoms with Crippen molar-refractivity contribution >= 4 is 17.7 Å². The van der Waals surface area contributed by atoms with E-state index in [1.54, 1.807) is 0 Å². The van der Waals surface area contributed by atoms with E-state index in [0.717, 1.165) is 32.2 Å². The van der Waals surface area contributed by atoms with E-state index in [-0.39, 0.29) is 17.7 Å². The van der Waals surface area contributed by atoms with Gasteiger partial charge in [0.05, 0.1) is 0 Å². The molecule has 2 aliphatic rings. The van der Waals surface area contributed by atoms with Crippen LogP contribution < -0.4 is 10.6 Å². The number of hydrogen-bond donors (Lipinski definition) is 2. The summed E-state index contributed by atoms with van der Waals surface area (Å²) in [7, 11) is 0. The van der Waals surface area contributed by atoms with E-state index in [1.807, 2.05) is 11.8 Å². The van der Waals surface area contributed by atoms with Crippen LogP contribution in [0.5, 0.6) is 0 Å². The Labute approximate surface area is 132 Å². The summed E-state index contributed by atoms with van der Waals surface area (Å²) >= 11 is 0. The Balaban J connectivity index is 1.79. The summed E-state index contributed by atoms with van der Waals surface area (Å²) in [5.74, 6) is 0.0996. The molecule has 0 saturated carbocycles. The Hall–Kier alpha value is -1.59. The first-order chi connectivity index (χ1) is 10.6. The molecule has 2 saturated heterocycles. The van der Waals surface area contributed by atoms with Crippen LogP contribution in [0.25, 0.3) is 0 Å². The Morgan fingerprint density at radius 1 is 1.27 bits per heavy atom. The predicted octanol–water partition coefficient (Wildman–Crippen LogP) is 0.954. The van der Waals surface area contributed by atoms with Crippen molar-refractivity contribution in [1.82, 2.24) is 15.5 Å². The number of rotatable bonds is 6. The molecule has 0 aromatic rings. The van der Waals surface area contributed by atoms with Gasteiger partial charge < -0.3 is 15.5 Å². The van der Waals surface area contributed by atoms with Gasteiger partial charge in [0.2, 0.25) is 17.7 Å². The highest BCUT2D eigenvalue weighted by atomic mass is 16.2. The number of hydrogen-bond acceptors (Lipinski definition) is 3. The summed E-state index contributed by atoms with van der Waals surface area (Å²) in [6.07, 6.45) is 5.89. The maximum absolute atomic E-state index is 12.5. The Bertz CT molecular complexity index is 438. The summed E-state index contributed by atoms with van der Waals surface area (Å²) in [6.45, 7) is 4.01. The highest BCUT2D eigenvalue weighted by Crippen LogP contribution is 2.23. The first-order valence-corrected chi connectivity index (χ1v) is 8.44. The van der Waals surface area contributed by atoms with Crippen LogP contribution in [0.3, 0.4) is 0 Å². The predicted molar refractivity (Wildman–Crippen MR) is 83.1 cm³/mol. The van der Waals surface area contributed by atoms with Crippen LogP contribution in [-0.2, 0) is 14.4 Å². The fourth-order valence-electron chi connectivity index (χ4n) is 3.28.